The van der Waals surface area contributed by atoms with Gasteiger partial charge in [-0.2, -0.15) is 46.8 Å². The van der Waals surface area contributed by atoms with Crippen molar-refractivity contribution in [2.24, 2.45) is 0 Å². The third-order valence-electron chi connectivity index (χ3n) is 15.7. The first-order chi connectivity index (χ1) is 51.2. The van der Waals surface area contributed by atoms with Gasteiger partial charge in [0.15, 0.2) is 0 Å². The Bertz CT molecular complexity index is 6160. The second kappa shape index (κ2) is 36.6. The van der Waals surface area contributed by atoms with E-state index in [-0.39, 0.29) is 78.6 Å². The van der Waals surface area contributed by atoms with E-state index in [2.05, 4.69) is 0 Å². The van der Waals surface area contributed by atoms with Gasteiger partial charge in [0.2, 0.25) is 9.84 Å². The van der Waals surface area contributed by atoms with E-state index in [1.165, 1.54) is 86.0 Å². The van der Waals surface area contributed by atoms with Crippen molar-refractivity contribution in [1.29, 1.82) is 0 Å². The van der Waals surface area contributed by atoms with Gasteiger partial charge in [0.25, 0.3) is 40.5 Å². The molecule has 0 spiro atoms. The first-order valence-electron chi connectivity index (χ1n) is 30.0. The maximum atomic E-state index is 15.3. The smallest absolute Gasteiger partial charge is 0.425 e. The van der Waals surface area contributed by atoms with Crippen molar-refractivity contribution in [3.8, 4) is 106 Å². The van der Waals surface area contributed by atoms with Crippen LogP contribution in [0.3, 0.4) is 0 Å². The standard InChI is InChI=1S/C70H51F3O16S5.CH4.4O3S/c1-42-14-15-50(38-43(42)2)44-16-20-48(21-17-44)66-64(46-10-6-4-7-11-46)68(52-25-36-60(91(76,77)78)62(40-52)93(82,83)84)67(69(65(66)47-12-8-5-9-13-47)53-26-37-61(92(79,80)81)63(41-53)94(85,86)87)49-22-18-45(19-23-49)51-24-35-59(58(39-51)70(71,72)73)89-55-29-33-57(34-30-55)90(74,75)56-31-27-54(88-3)28-32-56;;4*1-4(2)3/h4-41H,1-3H3,(H,76,77,78)(H,79,80,81)(H,82,83,84)(H,85,86,87);1H4;;;;. The summed E-state index contributed by atoms with van der Waals surface area (Å²) in [6.07, 6.45) is -5.05. The fourth-order valence-electron chi connectivity index (χ4n) is 11.2. The number of halogens is 3. The van der Waals surface area contributed by atoms with E-state index in [9.17, 15) is 60.3 Å². The highest BCUT2D eigenvalue weighted by Gasteiger charge is 2.37. The predicted molar refractivity (Wildman–Crippen MR) is 394 cm³/mol. The SMILES string of the molecule is C.COc1ccc(S(=O)(=O)c2ccc(Oc3ccc(-c4ccc(-c5c(-c6ccc(S(=O)(=O)O)c(S(=O)(=O)O)c6)c(-c6ccccc6)c(-c6ccc(-c7ccc(C)c(C)c7)cc6)c(-c6ccccc6)c5-c5ccc(S(=O)(=O)O)c(S(=O)(=O)O)c5)cc4)cc3C(F)(F)F)cc2)cc1.O=S(=O)=O.O=S(=O)=O.O=S(=O)=O.O=S(=O)=O. The number of ether oxygens (including phenoxy) is 2. The van der Waals surface area contributed by atoms with Crippen LogP contribution in [0.2, 0.25) is 0 Å². The number of aryl methyl sites for hydroxylation is 2. The Labute approximate surface area is 638 Å². The molecule has 11 aromatic carbocycles. The summed E-state index contributed by atoms with van der Waals surface area (Å²) in [6.45, 7) is 3.92. The fraction of sp³-hybridized carbons (Fsp3) is 0.0704. The minimum atomic E-state index is -5.57. The zero-order valence-electron chi connectivity index (χ0n) is 55.8. The van der Waals surface area contributed by atoms with Crippen LogP contribution in [0.15, 0.2) is 260 Å². The highest BCUT2D eigenvalue weighted by atomic mass is 32.2. The molecule has 0 aliphatic carbocycles. The second-order valence-corrected chi connectivity index (χ2v) is 31.6. The van der Waals surface area contributed by atoms with E-state index in [1.807, 2.05) is 44.2 Å². The molecule has 0 heterocycles. The first-order valence-corrected chi connectivity index (χ1v) is 41.3. The highest BCUT2D eigenvalue weighted by molar-refractivity contribution is 7.91. The van der Waals surface area contributed by atoms with Gasteiger partial charge < -0.3 is 9.47 Å². The Kier molecular flexibility index (Phi) is 29.3. The largest absolute Gasteiger partial charge is 0.497 e. The summed E-state index contributed by atoms with van der Waals surface area (Å²) in [6, 6.07) is 54.9. The Morgan fingerprint density at radius 1 is 0.306 bits per heavy atom. The molecule has 0 bridgehead atoms. The molecule has 11 rings (SSSR count). The van der Waals surface area contributed by atoms with Crippen LogP contribution in [-0.4, -0.2) is 118 Å². The van der Waals surface area contributed by atoms with Crippen molar-refractivity contribution < 1.29 is 133 Å². The summed E-state index contributed by atoms with van der Waals surface area (Å²) in [5, 5.41) is 0. The van der Waals surface area contributed by atoms with E-state index in [1.54, 1.807) is 72.8 Å². The van der Waals surface area contributed by atoms with Gasteiger partial charge in [-0.15, -0.1) is 50.5 Å². The molecule has 11 aromatic rings. The van der Waals surface area contributed by atoms with Crippen molar-refractivity contribution >= 4 is 92.7 Å². The van der Waals surface area contributed by atoms with Crippen molar-refractivity contribution in [1.82, 2.24) is 0 Å². The van der Waals surface area contributed by atoms with Crippen LogP contribution in [0.5, 0.6) is 17.2 Å². The number of methoxy groups -OCH3 is 1. The zero-order valence-corrected chi connectivity index (χ0v) is 63.2. The van der Waals surface area contributed by atoms with Crippen LogP contribution in [0.4, 0.5) is 13.2 Å². The summed E-state index contributed by atoms with van der Waals surface area (Å²) < 4.78 is 333. The van der Waals surface area contributed by atoms with Crippen molar-refractivity contribution in [3.05, 3.63) is 247 Å². The summed E-state index contributed by atoms with van der Waals surface area (Å²) >= 11 is 0. The maximum Gasteiger partial charge on any atom is 0.425 e. The average molecular weight is 1700 g/mol. The molecule has 0 fully saturated rings. The molecule has 0 amide bonds. The quantitative estimate of drug-likeness (QED) is 0.0615. The summed E-state index contributed by atoms with van der Waals surface area (Å²) in [7, 11) is -37.1. The highest BCUT2D eigenvalue weighted by Crippen LogP contribution is 2.57. The molecule has 28 nitrogen and oxygen atoms in total. The normalized spacial score (nSPS) is 11.3. The lowest BCUT2D eigenvalue weighted by molar-refractivity contribution is -0.138. The van der Waals surface area contributed by atoms with E-state index >= 15 is 13.2 Å². The number of alkyl halides is 3. The van der Waals surface area contributed by atoms with Gasteiger partial charge in [-0.1, -0.05) is 153 Å². The molecule has 0 unspecified atom stereocenters. The molecular formula is C71H55F3O28S9. The molecule has 40 heteroatoms. The molecule has 582 valence electrons. The molecule has 0 aliphatic heterocycles. The number of hydrogen-bond donors (Lipinski definition) is 4. The molecule has 0 aromatic heterocycles. The Morgan fingerprint density at radius 3 is 0.901 bits per heavy atom. The Hall–Kier alpha value is -11.1. The van der Waals surface area contributed by atoms with Gasteiger partial charge in [-0.3, -0.25) is 18.2 Å². The van der Waals surface area contributed by atoms with Crippen molar-refractivity contribution in [3.63, 3.8) is 0 Å². The molecule has 0 radical (unpaired) electrons. The summed E-state index contributed by atoms with van der Waals surface area (Å²) in [5.41, 5.74) is 4.35. The van der Waals surface area contributed by atoms with Crippen LogP contribution in [0.1, 0.15) is 24.1 Å². The lowest BCUT2D eigenvalue weighted by Crippen LogP contribution is -2.10. The monoisotopic (exact) mass is 1700 g/mol. The van der Waals surface area contributed by atoms with E-state index in [0.717, 1.165) is 70.8 Å². The van der Waals surface area contributed by atoms with Crippen LogP contribution in [-0.2, 0) is 98.9 Å². The molecular weight excluding hydrogens is 1650 g/mol. The molecule has 111 heavy (non-hydrogen) atoms. The van der Waals surface area contributed by atoms with Crippen molar-refractivity contribution in [2.45, 2.75) is 56.8 Å². The van der Waals surface area contributed by atoms with E-state index in [4.69, 9.17) is 60.0 Å². The van der Waals surface area contributed by atoms with Gasteiger partial charge in [0.1, 0.15) is 36.8 Å². The molecule has 0 aliphatic rings. The van der Waals surface area contributed by atoms with E-state index in [0.29, 0.717) is 28.0 Å². The lowest BCUT2D eigenvalue weighted by Gasteiger charge is -2.29. The summed E-state index contributed by atoms with van der Waals surface area (Å²) in [4.78, 5) is -5.25. The molecule has 0 saturated carbocycles. The second-order valence-electron chi connectivity index (χ2n) is 22.4. The van der Waals surface area contributed by atoms with Crippen LogP contribution < -0.4 is 9.47 Å². The average Bonchev–Trinajstić information content (AvgIpc) is 0.709. The first kappa shape index (κ1) is 88.8. The fourth-order valence-corrected chi connectivity index (χ4v) is 16.0. The van der Waals surface area contributed by atoms with Crippen LogP contribution in [0, 0.1) is 13.8 Å². The Morgan fingerprint density at radius 2 is 0.586 bits per heavy atom. The topological polar surface area (TPSA) is 475 Å². The van der Waals surface area contributed by atoms with Crippen molar-refractivity contribution in [2.75, 3.05) is 7.11 Å². The molecule has 0 saturated heterocycles. The van der Waals surface area contributed by atoms with Crippen LogP contribution in [0.25, 0.3) is 89.0 Å². The number of rotatable bonds is 17. The zero-order chi connectivity index (χ0) is 81.8. The van der Waals surface area contributed by atoms with Crippen LogP contribution >= 0.6 is 0 Å². The van der Waals surface area contributed by atoms with Gasteiger partial charge in [0.05, 0.1) is 22.5 Å². The minimum absolute atomic E-state index is 0. The lowest BCUT2D eigenvalue weighted by atomic mass is 9.74. The van der Waals surface area contributed by atoms with E-state index < -0.39 is 130 Å². The summed E-state index contributed by atoms with van der Waals surface area (Å²) in [5.74, 6) is -0.373. The number of sulfone groups is 1. The predicted octanol–water partition coefficient (Wildman–Crippen LogP) is 12.9. The molecule has 4 N–H and O–H groups in total. The third kappa shape index (κ3) is 23.0. The number of hydrogen-bond acceptors (Lipinski definition) is 24. The van der Waals surface area contributed by atoms with Gasteiger partial charge in [-0.05, 0) is 199 Å². The number of benzene rings is 11. The van der Waals surface area contributed by atoms with Gasteiger partial charge in [0, 0.05) is 0 Å². The van der Waals surface area contributed by atoms with Gasteiger partial charge >= 0.3 is 48.6 Å². The molecule has 0 atom stereocenters. The maximum absolute atomic E-state index is 15.3. The van der Waals surface area contributed by atoms with Gasteiger partial charge in [-0.25, -0.2) is 8.42 Å². The third-order valence-corrected chi connectivity index (χ3v) is 21.4. The minimum Gasteiger partial charge on any atom is -0.497 e. The Balaban J connectivity index is 0.00000103.